The Labute approximate surface area is 122 Å². The van der Waals surface area contributed by atoms with E-state index in [-0.39, 0.29) is 16.5 Å². The molecule has 0 bridgehead atoms. The summed E-state index contributed by atoms with van der Waals surface area (Å²) >= 11 is 5.85. The molecule has 0 aliphatic rings. The number of ether oxygens (including phenoxy) is 1. The number of sulfonamides is 1. The molecule has 5 nitrogen and oxygen atoms in total. The molecular weight excluding hydrogens is 300 g/mol. The van der Waals surface area contributed by atoms with Gasteiger partial charge in [-0.25, -0.2) is 13.4 Å². The van der Waals surface area contributed by atoms with Crippen LogP contribution >= 0.6 is 11.6 Å². The Bertz CT molecular complexity index is 732. The highest BCUT2D eigenvalue weighted by molar-refractivity contribution is 7.92. The van der Waals surface area contributed by atoms with Crippen LogP contribution in [0.1, 0.15) is 5.56 Å². The summed E-state index contributed by atoms with van der Waals surface area (Å²) in [6, 6.07) is 7.89. The van der Waals surface area contributed by atoms with Crippen molar-refractivity contribution in [3.8, 4) is 5.75 Å². The van der Waals surface area contributed by atoms with Gasteiger partial charge in [0.25, 0.3) is 10.0 Å². The van der Waals surface area contributed by atoms with Gasteiger partial charge in [-0.15, -0.1) is 0 Å². The van der Waals surface area contributed by atoms with E-state index in [9.17, 15) is 8.42 Å². The summed E-state index contributed by atoms with van der Waals surface area (Å²) < 4.78 is 32.3. The number of hydrogen-bond donors (Lipinski definition) is 1. The van der Waals surface area contributed by atoms with E-state index in [0.717, 1.165) is 5.56 Å². The maximum absolute atomic E-state index is 12.4. The van der Waals surface area contributed by atoms with E-state index in [4.69, 9.17) is 16.3 Å². The summed E-state index contributed by atoms with van der Waals surface area (Å²) in [6.07, 6.45) is 1.51. The Balaban J connectivity index is 2.46. The highest BCUT2D eigenvalue weighted by Gasteiger charge is 2.21. The molecule has 1 heterocycles. The number of benzene rings is 1. The standard InChI is InChI=1S/C13H13ClN2O3S/c1-9-4-3-7-15-13(9)16-20(17,18)12-8-10(14)5-6-11(12)19-2/h3-8H,1-2H3,(H,15,16). The van der Waals surface area contributed by atoms with Crippen molar-refractivity contribution in [2.24, 2.45) is 0 Å². The lowest BCUT2D eigenvalue weighted by molar-refractivity contribution is 0.403. The largest absolute Gasteiger partial charge is 0.495 e. The van der Waals surface area contributed by atoms with Gasteiger partial charge in [0.2, 0.25) is 0 Å². The van der Waals surface area contributed by atoms with Crippen molar-refractivity contribution in [3.63, 3.8) is 0 Å². The number of rotatable bonds is 4. The van der Waals surface area contributed by atoms with Crippen LogP contribution in [0.3, 0.4) is 0 Å². The number of methoxy groups -OCH3 is 1. The molecule has 0 atom stereocenters. The molecule has 0 saturated heterocycles. The number of nitrogens with one attached hydrogen (secondary N) is 1. The van der Waals surface area contributed by atoms with Crippen LogP contribution in [0.25, 0.3) is 0 Å². The van der Waals surface area contributed by atoms with Gasteiger partial charge in [-0.3, -0.25) is 4.72 Å². The number of aromatic nitrogens is 1. The summed E-state index contributed by atoms with van der Waals surface area (Å²) in [5.74, 6) is 0.491. The Morgan fingerprint density at radius 3 is 2.70 bits per heavy atom. The van der Waals surface area contributed by atoms with Crippen molar-refractivity contribution >= 4 is 27.4 Å². The first-order valence-corrected chi connectivity index (χ1v) is 7.58. The van der Waals surface area contributed by atoms with E-state index in [1.165, 1.54) is 25.4 Å². The third-order valence-electron chi connectivity index (χ3n) is 2.66. The van der Waals surface area contributed by atoms with Gasteiger partial charge in [-0.2, -0.15) is 0 Å². The molecule has 20 heavy (non-hydrogen) atoms. The van der Waals surface area contributed by atoms with E-state index in [2.05, 4.69) is 9.71 Å². The van der Waals surface area contributed by atoms with Gasteiger partial charge in [0.05, 0.1) is 7.11 Å². The third kappa shape index (κ3) is 3.02. The molecule has 1 N–H and O–H groups in total. The highest BCUT2D eigenvalue weighted by Crippen LogP contribution is 2.28. The normalized spacial score (nSPS) is 11.2. The first-order chi connectivity index (χ1) is 9.44. The lowest BCUT2D eigenvalue weighted by atomic mass is 10.3. The lowest BCUT2D eigenvalue weighted by Crippen LogP contribution is -2.15. The fourth-order valence-electron chi connectivity index (χ4n) is 1.64. The molecule has 2 rings (SSSR count). The van der Waals surface area contributed by atoms with Gasteiger partial charge in [-0.05, 0) is 36.8 Å². The monoisotopic (exact) mass is 312 g/mol. The fraction of sp³-hybridized carbons (Fsp3) is 0.154. The van der Waals surface area contributed by atoms with Crippen molar-refractivity contribution in [2.45, 2.75) is 11.8 Å². The van der Waals surface area contributed by atoms with Crippen molar-refractivity contribution in [3.05, 3.63) is 47.1 Å². The van der Waals surface area contributed by atoms with Crippen LogP contribution in [-0.2, 0) is 10.0 Å². The SMILES string of the molecule is COc1ccc(Cl)cc1S(=O)(=O)Nc1ncccc1C. The van der Waals surface area contributed by atoms with Gasteiger partial charge >= 0.3 is 0 Å². The molecular formula is C13H13ClN2O3S. The van der Waals surface area contributed by atoms with E-state index >= 15 is 0 Å². The van der Waals surface area contributed by atoms with Crippen LogP contribution in [0.15, 0.2) is 41.4 Å². The van der Waals surface area contributed by atoms with Crippen LogP contribution in [0.2, 0.25) is 5.02 Å². The number of nitrogens with zero attached hydrogens (tertiary/aromatic N) is 1. The molecule has 0 unspecified atom stereocenters. The first kappa shape index (κ1) is 14.6. The predicted molar refractivity (Wildman–Crippen MR) is 77.8 cm³/mol. The summed E-state index contributed by atoms with van der Waals surface area (Å²) in [7, 11) is -2.43. The molecule has 0 radical (unpaired) electrons. The Morgan fingerprint density at radius 1 is 1.30 bits per heavy atom. The van der Waals surface area contributed by atoms with E-state index in [0.29, 0.717) is 5.02 Å². The molecule has 0 amide bonds. The highest BCUT2D eigenvalue weighted by atomic mass is 35.5. The van der Waals surface area contributed by atoms with Crippen LogP contribution in [0, 0.1) is 6.92 Å². The predicted octanol–water partition coefficient (Wildman–Crippen LogP) is 2.85. The Hall–Kier alpha value is -1.79. The zero-order valence-electron chi connectivity index (χ0n) is 10.9. The molecule has 7 heteroatoms. The molecule has 0 aliphatic carbocycles. The summed E-state index contributed by atoms with van der Waals surface area (Å²) in [6.45, 7) is 1.76. The molecule has 0 saturated carbocycles. The van der Waals surface area contributed by atoms with E-state index in [1.807, 2.05) is 0 Å². The van der Waals surface area contributed by atoms with Crippen LogP contribution in [0.5, 0.6) is 5.75 Å². The second-order valence-electron chi connectivity index (χ2n) is 4.07. The maximum atomic E-state index is 12.4. The molecule has 0 fully saturated rings. The second kappa shape index (κ2) is 5.68. The van der Waals surface area contributed by atoms with Crippen LogP contribution in [0.4, 0.5) is 5.82 Å². The minimum Gasteiger partial charge on any atom is -0.495 e. The average molecular weight is 313 g/mol. The minimum absolute atomic E-state index is 0.0300. The number of hydrogen-bond acceptors (Lipinski definition) is 4. The van der Waals surface area contributed by atoms with Crippen molar-refractivity contribution in [1.29, 1.82) is 0 Å². The van der Waals surface area contributed by atoms with Crippen LogP contribution < -0.4 is 9.46 Å². The molecule has 0 spiro atoms. The van der Waals surface area contributed by atoms with Gasteiger partial charge in [0.1, 0.15) is 16.5 Å². The fourth-order valence-corrected chi connectivity index (χ4v) is 3.15. The number of halogens is 1. The topological polar surface area (TPSA) is 68.3 Å². The summed E-state index contributed by atoms with van der Waals surface area (Å²) in [5.41, 5.74) is 0.720. The summed E-state index contributed by atoms with van der Waals surface area (Å²) in [5, 5.41) is 0.309. The van der Waals surface area contributed by atoms with Gasteiger partial charge in [0.15, 0.2) is 0 Å². The van der Waals surface area contributed by atoms with Gasteiger partial charge < -0.3 is 4.74 Å². The van der Waals surface area contributed by atoms with Crippen LogP contribution in [-0.4, -0.2) is 20.5 Å². The quantitative estimate of drug-likeness (QED) is 0.942. The first-order valence-electron chi connectivity index (χ1n) is 5.72. The Kier molecular flexibility index (Phi) is 4.15. The van der Waals surface area contributed by atoms with Crippen molar-refractivity contribution in [1.82, 2.24) is 4.98 Å². The average Bonchev–Trinajstić information content (AvgIpc) is 2.41. The zero-order chi connectivity index (χ0) is 14.8. The van der Waals surface area contributed by atoms with Gasteiger partial charge in [0, 0.05) is 11.2 Å². The number of aryl methyl sites for hydroxylation is 1. The molecule has 2 aromatic rings. The number of pyridine rings is 1. The Morgan fingerprint density at radius 2 is 2.05 bits per heavy atom. The number of anilines is 1. The zero-order valence-corrected chi connectivity index (χ0v) is 12.5. The molecule has 1 aromatic heterocycles. The molecule has 1 aromatic carbocycles. The van der Waals surface area contributed by atoms with E-state index in [1.54, 1.807) is 25.1 Å². The smallest absolute Gasteiger partial charge is 0.266 e. The lowest BCUT2D eigenvalue weighted by Gasteiger charge is -2.12. The maximum Gasteiger partial charge on any atom is 0.266 e. The summed E-state index contributed by atoms with van der Waals surface area (Å²) in [4.78, 5) is 3.97. The molecule has 0 aliphatic heterocycles. The van der Waals surface area contributed by atoms with Gasteiger partial charge in [-0.1, -0.05) is 17.7 Å². The molecule has 106 valence electrons. The van der Waals surface area contributed by atoms with Crippen molar-refractivity contribution in [2.75, 3.05) is 11.8 Å². The second-order valence-corrected chi connectivity index (χ2v) is 6.16. The third-order valence-corrected chi connectivity index (χ3v) is 4.25. The van der Waals surface area contributed by atoms with Crippen molar-refractivity contribution < 1.29 is 13.2 Å². The van der Waals surface area contributed by atoms with E-state index < -0.39 is 10.0 Å². The minimum atomic E-state index is -3.82.